The Morgan fingerprint density at radius 2 is 2.09 bits per heavy atom. The zero-order valence-corrected chi connectivity index (χ0v) is 7.62. The van der Waals surface area contributed by atoms with Gasteiger partial charge in [0.05, 0.1) is 0 Å². The van der Waals surface area contributed by atoms with Crippen LogP contribution in [0.4, 0.5) is 0 Å². The van der Waals surface area contributed by atoms with Crippen molar-refractivity contribution >= 4 is 18.4 Å². The van der Waals surface area contributed by atoms with Crippen LogP contribution < -0.4 is 5.32 Å². The Labute approximate surface area is 73.6 Å². The summed E-state index contributed by atoms with van der Waals surface area (Å²) in [6, 6.07) is 0. The van der Waals surface area contributed by atoms with E-state index in [2.05, 4.69) is 5.32 Å². The maximum absolute atomic E-state index is 10.0. The summed E-state index contributed by atoms with van der Waals surface area (Å²) in [6.45, 7) is 3.94. The van der Waals surface area contributed by atoms with Gasteiger partial charge in [0.2, 0.25) is 0 Å². The summed E-state index contributed by atoms with van der Waals surface area (Å²) in [4.78, 5) is 10.0. The molecule has 11 heavy (non-hydrogen) atoms. The molecule has 0 radical (unpaired) electrons. The van der Waals surface area contributed by atoms with Gasteiger partial charge in [-0.3, -0.25) is 4.79 Å². The van der Waals surface area contributed by atoms with E-state index in [1.54, 1.807) is 0 Å². The monoisotopic (exact) mass is 181 g/mol. The molecule has 0 bridgehead atoms. The highest BCUT2D eigenvalue weighted by Crippen LogP contribution is 1.92. The second-order valence-corrected chi connectivity index (χ2v) is 2.20. The molecular weight excluding hydrogens is 166 g/mol. The fourth-order valence-electron chi connectivity index (χ4n) is 0.703. The minimum atomic E-state index is -0.698. The number of hydrogen-bond donors (Lipinski definition) is 2. The van der Waals surface area contributed by atoms with Crippen LogP contribution in [0.5, 0.6) is 0 Å². The lowest BCUT2D eigenvalue weighted by Crippen LogP contribution is -2.14. The number of carbonyl (C=O) groups is 1. The first-order chi connectivity index (χ1) is 4.77. The molecule has 0 aliphatic heterocycles. The second kappa shape index (κ2) is 9.72. The van der Waals surface area contributed by atoms with Gasteiger partial charge in [-0.1, -0.05) is 6.92 Å². The fraction of sp³-hybridized carbons (Fsp3) is 0.857. The minimum Gasteiger partial charge on any atom is -0.481 e. The zero-order chi connectivity index (χ0) is 7.82. The molecule has 68 valence electrons. The van der Waals surface area contributed by atoms with E-state index in [9.17, 15) is 4.79 Å². The lowest BCUT2D eigenvalue weighted by Gasteiger charge is -1.98. The third-order valence-corrected chi connectivity index (χ3v) is 1.24. The van der Waals surface area contributed by atoms with Crippen LogP contribution in [-0.2, 0) is 4.79 Å². The third-order valence-electron chi connectivity index (χ3n) is 1.24. The molecule has 0 amide bonds. The number of aliphatic carboxylic acids is 1. The van der Waals surface area contributed by atoms with Gasteiger partial charge in [-0.25, -0.2) is 0 Å². The quantitative estimate of drug-likeness (QED) is 0.607. The van der Waals surface area contributed by atoms with Gasteiger partial charge in [-0.15, -0.1) is 12.4 Å². The SMILES string of the molecule is CCNCCCCC(=O)O.Cl. The summed E-state index contributed by atoms with van der Waals surface area (Å²) in [7, 11) is 0. The van der Waals surface area contributed by atoms with Crippen molar-refractivity contribution < 1.29 is 9.90 Å². The molecule has 0 fully saturated rings. The molecule has 0 aromatic carbocycles. The summed E-state index contributed by atoms with van der Waals surface area (Å²) in [5.74, 6) is -0.698. The molecule has 0 aliphatic rings. The largest absolute Gasteiger partial charge is 0.481 e. The van der Waals surface area contributed by atoms with Crippen molar-refractivity contribution in [3.05, 3.63) is 0 Å². The van der Waals surface area contributed by atoms with Crippen LogP contribution in [0.1, 0.15) is 26.2 Å². The molecule has 0 aliphatic carbocycles. The Balaban J connectivity index is 0. The molecule has 0 saturated heterocycles. The number of unbranched alkanes of at least 4 members (excludes halogenated alkanes) is 1. The Morgan fingerprint density at radius 3 is 2.55 bits per heavy atom. The van der Waals surface area contributed by atoms with Gasteiger partial charge in [-0.05, 0) is 25.9 Å². The van der Waals surface area contributed by atoms with Crippen LogP contribution in [0.2, 0.25) is 0 Å². The normalized spacial score (nSPS) is 8.82. The Kier molecular flexibility index (Phi) is 11.8. The van der Waals surface area contributed by atoms with Crippen LogP contribution in [0.25, 0.3) is 0 Å². The van der Waals surface area contributed by atoms with E-state index in [0.29, 0.717) is 6.42 Å². The standard InChI is InChI=1S/C7H15NO2.ClH/c1-2-8-6-4-3-5-7(9)10;/h8H,2-6H2,1H3,(H,9,10);1H. The summed E-state index contributed by atoms with van der Waals surface area (Å²) >= 11 is 0. The molecule has 0 atom stereocenters. The Morgan fingerprint density at radius 1 is 1.45 bits per heavy atom. The highest BCUT2D eigenvalue weighted by Gasteiger charge is 1.94. The molecule has 0 aromatic rings. The maximum Gasteiger partial charge on any atom is 0.303 e. The van der Waals surface area contributed by atoms with Crippen molar-refractivity contribution in [2.24, 2.45) is 0 Å². The van der Waals surface area contributed by atoms with Gasteiger partial charge < -0.3 is 10.4 Å². The fourth-order valence-corrected chi connectivity index (χ4v) is 0.703. The van der Waals surface area contributed by atoms with Gasteiger partial charge in [0.15, 0.2) is 0 Å². The smallest absolute Gasteiger partial charge is 0.303 e. The molecular formula is C7H16ClNO2. The van der Waals surface area contributed by atoms with Crippen LogP contribution >= 0.6 is 12.4 Å². The summed E-state index contributed by atoms with van der Waals surface area (Å²) < 4.78 is 0. The summed E-state index contributed by atoms with van der Waals surface area (Å²) in [5, 5.41) is 11.4. The van der Waals surface area contributed by atoms with Crippen LogP contribution in [0.15, 0.2) is 0 Å². The molecule has 2 N–H and O–H groups in total. The predicted octanol–water partition coefficient (Wildman–Crippen LogP) is 1.27. The average Bonchev–Trinajstić information content (AvgIpc) is 1.87. The predicted molar refractivity (Wildman–Crippen MR) is 47.3 cm³/mol. The van der Waals surface area contributed by atoms with E-state index in [0.717, 1.165) is 25.9 Å². The van der Waals surface area contributed by atoms with Gasteiger partial charge in [0.1, 0.15) is 0 Å². The first kappa shape index (κ1) is 13.3. The number of carboxylic acid groups (broad SMARTS) is 1. The van der Waals surface area contributed by atoms with Crippen molar-refractivity contribution in [3.8, 4) is 0 Å². The van der Waals surface area contributed by atoms with Crippen LogP contribution in [0.3, 0.4) is 0 Å². The molecule has 0 unspecified atom stereocenters. The summed E-state index contributed by atoms with van der Waals surface area (Å²) in [6.07, 6.45) is 2.04. The van der Waals surface area contributed by atoms with E-state index in [1.165, 1.54) is 0 Å². The topological polar surface area (TPSA) is 49.3 Å². The van der Waals surface area contributed by atoms with Gasteiger partial charge in [0.25, 0.3) is 0 Å². The van der Waals surface area contributed by atoms with E-state index < -0.39 is 5.97 Å². The van der Waals surface area contributed by atoms with Crippen LogP contribution in [0, 0.1) is 0 Å². The van der Waals surface area contributed by atoms with Crippen molar-refractivity contribution in [2.45, 2.75) is 26.2 Å². The Bertz CT molecular complexity index is 98.4. The van der Waals surface area contributed by atoms with Gasteiger partial charge >= 0.3 is 5.97 Å². The van der Waals surface area contributed by atoms with E-state index in [4.69, 9.17) is 5.11 Å². The molecule has 3 nitrogen and oxygen atoms in total. The molecule has 0 rings (SSSR count). The first-order valence-electron chi connectivity index (χ1n) is 3.70. The van der Waals surface area contributed by atoms with E-state index >= 15 is 0 Å². The van der Waals surface area contributed by atoms with E-state index in [-0.39, 0.29) is 12.4 Å². The molecule has 0 spiro atoms. The van der Waals surface area contributed by atoms with Crippen LogP contribution in [-0.4, -0.2) is 24.2 Å². The minimum absolute atomic E-state index is 0. The number of rotatable bonds is 6. The Hall–Kier alpha value is -0.280. The third kappa shape index (κ3) is 12.8. The van der Waals surface area contributed by atoms with Crippen molar-refractivity contribution in [1.82, 2.24) is 5.32 Å². The number of nitrogens with one attached hydrogen (secondary N) is 1. The average molecular weight is 182 g/mol. The molecule has 4 heteroatoms. The van der Waals surface area contributed by atoms with Crippen molar-refractivity contribution in [3.63, 3.8) is 0 Å². The van der Waals surface area contributed by atoms with E-state index in [1.807, 2.05) is 6.92 Å². The first-order valence-corrected chi connectivity index (χ1v) is 3.70. The molecule has 0 aromatic heterocycles. The lowest BCUT2D eigenvalue weighted by atomic mass is 10.2. The zero-order valence-electron chi connectivity index (χ0n) is 6.80. The van der Waals surface area contributed by atoms with Crippen molar-refractivity contribution in [2.75, 3.05) is 13.1 Å². The highest BCUT2D eigenvalue weighted by atomic mass is 35.5. The lowest BCUT2D eigenvalue weighted by molar-refractivity contribution is -0.137. The maximum atomic E-state index is 10.0. The number of halogens is 1. The van der Waals surface area contributed by atoms with Crippen molar-refractivity contribution in [1.29, 1.82) is 0 Å². The number of carboxylic acids is 1. The highest BCUT2D eigenvalue weighted by molar-refractivity contribution is 5.85. The molecule has 0 heterocycles. The second-order valence-electron chi connectivity index (χ2n) is 2.20. The van der Waals surface area contributed by atoms with Gasteiger partial charge in [-0.2, -0.15) is 0 Å². The van der Waals surface area contributed by atoms with Gasteiger partial charge in [0, 0.05) is 6.42 Å². The summed E-state index contributed by atoms with van der Waals surface area (Å²) in [5.41, 5.74) is 0. The molecule has 0 saturated carbocycles. The number of hydrogen-bond acceptors (Lipinski definition) is 2.